The molecule has 1 amide bonds. The van der Waals surface area contributed by atoms with Gasteiger partial charge in [0.25, 0.3) is 5.91 Å². The van der Waals surface area contributed by atoms with Gasteiger partial charge in [-0.1, -0.05) is 33.2 Å². The third-order valence-electron chi connectivity index (χ3n) is 7.85. The van der Waals surface area contributed by atoms with Gasteiger partial charge in [0.05, 0.1) is 29.8 Å². The molecule has 1 aromatic heterocycles. The van der Waals surface area contributed by atoms with Gasteiger partial charge < -0.3 is 14.5 Å². The zero-order valence-electron chi connectivity index (χ0n) is 22.6. The van der Waals surface area contributed by atoms with Crippen molar-refractivity contribution in [3.05, 3.63) is 51.3 Å². The highest BCUT2D eigenvalue weighted by Crippen LogP contribution is 2.34. The Balaban J connectivity index is 1.38. The summed E-state index contributed by atoms with van der Waals surface area (Å²) in [4.78, 5) is 32.1. The van der Waals surface area contributed by atoms with Gasteiger partial charge in [-0.2, -0.15) is 9.97 Å². The van der Waals surface area contributed by atoms with Crippen LogP contribution in [0.1, 0.15) is 66.8 Å². The predicted octanol–water partition coefficient (Wildman–Crippen LogP) is 5.01. The molecule has 0 atom stereocenters. The molecule has 2 aromatic rings. The van der Waals surface area contributed by atoms with E-state index < -0.39 is 0 Å². The third kappa shape index (κ3) is 6.14. The maximum atomic E-state index is 13.4. The predicted molar refractivity (Wildman–Crippen MR) is 148 cm³/mol. The topological polar surface area (TPSA) is 80.2 Å². The minimum atomic E-state index is 0.0182. The Bertz CT molecular complexity index is 1100. The van der Waals surface area contributed by atoms with E-state index in [0.29, 0.717) is 35.5 Å². The number of carbonyl (C=O) groups excluding carboxylic acids is 1. The quantitative estimate of drug-likeness (QED) is 0.343. The molecule has 0 N–H and O–H groups in total. The van der Waals surface area contributed by atoms with Crippen LogP contribution in [0.5, 0.6) is 6.01 Å². The average Bonchev–Trinajstić information content (AvgIpc) is 2.90. The maximum Gasteiger partial charge on any atom is 0.316 e. The largest absolute Gasteiger partial charge is 0.467 e. The lowest BCUT2D eigenvalue weighted by Gasteiger charge is -2.49. The van der Waals surface area contributed by atoms with Crippen LogP contribution in [0.15, 0.2) is 33.9 Å². The molecule has 37 heavy (non-hydrogen) atoms. The van der Waals surface area contributed by atoms with Crippen LogP contribution in [0.25, 0.3) is 0 Å². The second-order valence-electron chi connectivity index (χ2n) is 10.2. The van der Waals surface area contributed by atoms with Gasteiger partial charge in [0.2, 0.25) is 0 Å². The molecule has 0 unspecified atom stereocenters. The van der Waals surface area contributed by atoms with Gasteiger partial charge >= 0.3 is 6.01 Å². The Kier molecular flexibility index (Phi) is 8.85. The Hall–Kier alpha value is -2.52. The van der Waals surface area contributed by atoms with Crippen LogP contribution in [0.4, 0.5) is 0 Å². The lowest BCUT2D eigenvalue weighted by molar-refractivity contribution is 0.0161. The fourth-order valence-electron chi connectivity index (χ4n) is 5.56. The van der Waals surface area contributed by atoms with E-state index >= 15 is 0 Å². The van der Waals surface area contributed by atoms with Gasteiger partial charge in [0.15, 0.2) is 0 Å². The number of aromatic nitrogens is 2. The van der Waals surface area contributed by atoms with Gasteiger partial charge in [-0.3, -0.25) is 9.69 Å². The molecule has 200 valence electrons. The Labute approximate surface area is 228 Å². The van der Waals surface area contributed by atoms with E-state index in [1.807, 2.05) is 25.7 Å². The van der Waals surface area contributed by atoms with E-state index in [2.05, 4.69) is 67.1 Å². The molecule has 4 rings (SSSR count). The molecule has 9 heteroatoms. The SMILES string of the molecule is CCO/N=C(\c1ccc(Br)cc1)C1CCN(C2(C)CCN(C(=O)c3c(C)nc(OC)nc3C)CC2)CC1. The summed E-state index contributed by atoms with van der Waals surface area (Å²) in [5.74, 6) is 0.389. The molecule has 8 nitrogen and oxygen atoms in total. The number of halogens is 1. The number of aryl methyl sites for hydroxylation is 2. The highest BCUT2D eigenvalue weighted by molar-refractivity contribution is 9.10. The highest BCUT2D eigenvalue weighted by Gasteiger charge is 2.39. The first kappa shape index (κ1) is 27.5. The molecule has 2 aliphatic heterocycles. The molecule has 2 aliphatic rings. The second-order valence-corrected chi connectivity index (χ2v) is 11.1. The number of amides is 1. The van der Waals surface area contributed by atoms with Crippen molar-refractivity contribution in [2.24, 2.45) is 11.1 Å². The van der Waals surface area contributed by atoms with E-state index in [1.165, 1.54) is 7.11 Å². The molecule has 0 aliphatic carbocycles. The lowest BCUT2D eigenvalue weighted by atomic mass is 9.82. The number of methoxy groups -OCH3 is 1. The van der Waals surface area contributed by atoms with Gasteiger partial charge in [-0.15, -0.1) is 0 Å². The first-order chi connectivity index (χ1) is 17.8. The molecular weight excluding hydrogens is 534 g/mol. The molecule has 0 saturated carbocycles. The highest BCUT2D eigenvalue weighted by atomic mass is 79.9. The Morgan fingerprint density at radius 2 is 1.68 bits per heavy atom. The van der Waals surface area contributed by atoms with Crippen molar-refractivity contribution in [3.8, 4) is 6.01 Å². The van der Waals surface area contributed by atoms with Crippen molar-refractivity contribution in [1.82, 2.24) is 19.8 Å². The smallest absolute Gasteiger partial charge is 0.316 e. The minimum Gasteiger partial charge on any atom is -0.467 e. The first-order valence-electron chi connectivity index (χ1n) is 13.1. The van der Waals surface area contributed by atoms with Gasteiger partial charge in [0.1, 0.15) is 6.61 Å². The summed E-state index contributed by atoms with van der Waals surface area (Å²) in [6.45, 7) is 12.1. The summed E-state index contributed by atoms with van der Waals surface area (Å²) in [5, 5.41) is 4.52. The fraction of sp³-hybridized carbons (Fsp3) is 0.571. The van der Waals surface area contributed by atoms with E-state index in [4.69, 9.17) is 9.57 Å². The zero-order chi connectivity index (χ0) is 26.6. The molecule has 0 bridgehead atoms. The molecule has 2 fully saturated rings. The summed E-state index contributed by atoms with van der Waals surface area (Å²) in [6, 6.07) is 8.64. The van der Waals surface area contributed by atoms with Crippen LogP contribution >= 0.6 is 15.9 Å². The van der Waals surface area contributed by atoms with E-state index in [1.54, 1.807) is 0 Å². The number of hydrogen-bond acceptors (Lipinski definition) is 7. The van der Waals surface area contributed by atoms with Crippen molar-refractivity contribution < 1.29 is 14.4 Å². The molecule has 2 saturated heterocycles. The number of likely N-dealkylation sites (tertiary alicyclic amines) is 2. The fourth-order valence-corrected chi connectivity index (χ4v) is 5.83. The number of oxime groups is 1. The lowest BCUT2D eigenvalue weighted by Crippen LogP contribution is -2.56. The van der Waals surface area contributed by atoms with Crippen LogP contribution in [-0.4, -0.2) is 76.8 Å². The number of nitrogens with zero attached hydrogens (tertiary/aromatic N) is 5. The summed E-state index contributed by atoms with van der Waals surface area (Å²) >= 11 is 3.53. The number of rotatable bonds is 7. The van der Waals surface area contributed by atoms with E-state index in [9.17, 15) is 4.79 Å². The van der Waals surface area contributed by atoms with Crippen molar-refractivity contribution in [2.75, 3.05) is 39.9 Å². The Morgan fingerprint density at radius 3 is 2.22 bits per heavy atom. The monoisotopic (exact) mass is 571 g/mol. The summed E-state index contributed by atoms with van der Waals surface area (Å²) < 4.78 is 6.21. The Morgan fingerprint density at radius 1 is 1.08 bits per heavy atom. The molecule has 0 spiro atoms. The number of hydrogen-bond donors (Lipinski definition) is 0. The minimum absolute atomic E-state index is 0.0182. The average molecular weight is 573 g/mol. The number of benzene rings is 1. The summed E-state index contributed by atoms with van der Waals surface area (Å²) in [5.41, 5.74) is 4.18. The molecule has 3 heterocycles. The standard InChI is InChI=1S/C28H38BrN5O3/c1-6-37-32-25(21-7-9-23(29)10-8-21)22-11-15-34(16-12-22)28(4)13-17-33(18-14-28)26(35)24-19(2)30-27(36-5)31-20(24)3/h7-10,22H,6,11-18H2,1-5H3/b32-25+. The first-order valence-corrected chi connectivity index (χ1v) is 13.9. The number of ether oxygens (including phenoxy) is 1. The third-order valence-corrected chi connectivity index (χ3v) is 8.38. The van der Waals surface area contributed by atoms with Gasteiger partial charge in [-0.05, 0) is 84.2 Å². The van der Waals surface area contributed by atoms with Crippen LogP contribution in [-0.2, 0) is 4.84 Å². The van der Waals surface area contributed by atoms with Crippen molar-refractivity contribution in [3.63, 3.8) is 0 Å². The normalized spacial score (nSPS) is 19.1. The van der Waals surface area contributed by atoms with Crippen LogP contribution in [0, 0.1) is 19.8 Å². The number of carbonyl (C=O) groups is 1. The van der Waals surface area contributed by atoms with Gasteiger partial charge in [-0.25, -0.2) is 0 Å². The summed E-state index contributed by atoms with van der Waals surface area (Å²) in [6.07, 6.45) is 3.99. The van der Waals surface area contributed by atoms with Gasteiger partial charge in [0, 0.05) is 29.0 Å². The number of piperidine rings is 2. The van der Waals surface area contributed by atoms with E-state index in [0.717, 1.165) is 67.6 Å². The van der Waals surface area contributed by atoms with Crippen molar-refractivity contribution >= 4 is 27.5 Å². The van der Waals surface area contributed by atoms with E-state index in [-0.39, 0.29) is 11.4 Å². The van der Waals surface area contributed by atoms with Crippen LogP contribution in [0.3, 0.4) is 0 Å². The van der Waals surface area contributed by atoms with Crippen molar-refractivity contribution in [2.45, 2.75) is 58.9 Å². The van der Waals surface area contributed by atoms with Crippen LogP contribution < -0.4 is 4.74 Å². The molecule has 0 radical (unpaired) electrons. The van der Waals surface area contributed by atoms with Crippen LogP contribution in [0.2, 0.25) is 0 Å². The zero-order valence-corrected chi connectivity index (χ0v) is 24.2. The molecule has 1 aromatic carbocycles. The molecular formula is C28H38BrN5O3. The maximum absolute atomic E-state index is 13.4. The second kappa shape index (κ2) is 11.9. The summed E-state index contributed by atoms with van der Waals surface area (Å²) in [7, 11) is 1.54. The van der Waals surface area contributed by atoms with Crippen molar-refractivity contribution in [1.29, 1.82) is 0 Å².